The lowest BCUT2D eigenvalue weighted by Crippen LogP contribution is -2.31. The molecule has 0 heterocycles. The molecule has 0 unspecified atom stereocenters. The minimum absolute atomic E-state index is 0.0883. The quantitative estimate of drug-likeness (QED) is 0.582. The Kier molecular flexibility index (Phi) is 3.61. The van der Waals surface area contributed by atoms with E-state index >= 15 is 0 Å². The molecule has 1 aromatic rings. The average molecular weight is 204 g/mol. The maximum atomic E-state index is 11.4. The van der Waals surface area contributed by atoms with Crippen molar-refractivity contribution in [1.29, 1.82) is 0 Å². The lowest BCUT2D eigenvalue weighted by molar-refractivity contribution is -0.128. The van der Waals surface area contributed by atoms with Gasteiger partial charge < -0.3 is 0 Å². The van der Waals surface area contributed by atoms with Crippen molar-refractivity contribution in [3.63, 3.8) is 0 Å². The van der Waals surface area contributed by atoms with E-state index in [1.165, 1.54) is 0 Å². The van der Waals surface area contributed by atoms with Gasteiger partial charge in [0.1, 0.15) is 0 Å². The first kappa shape index (κ1) is 11.4. The van der Waals surface area contributed by atoms with Crippen LogP contribution in [0.1, 0.15) is 26.3 Å². The second kappa shape index (κ2) is 4.73. The third-order valence-electron chi connectivity index (χ3n) is 1.86. The maximum Gasteiger partial charge on any atom is 0.245 e. The summed E-state index contributed by atoms with van der Waals surface area (Å²) >= 11 is 0. The number of hydrazone groups is 1. The summed E-state index contributed by atoms with van der Waals surface area (Å²) in [6, 6.07) is 9.63. The Morgan fingerprint density at radius 3 is 2.40 bits per heavy atom. The summed E-state index contributed by atoms with van der Waals surface area (Å²) in [5, 5.41) is 3.88. The average Bonchev–Trinajstić information content (AvgIpc) is 2.18. The molecule has 3 nitrogen and oxygen atoms in total. The molecule has 3 heteroatoms. The standard InChI is InChI=1S/C12H16N2O/c1-12(2,3)11(15)14-13-9-10-7-5-4-6-8-10/h4-9H,1-3H3,(H,14,15). The number of hydrogen-bond donors (Lipinski definition) is 1. The second-order valence-corrected chi connectivity index (χ2v) is 4.36. The predicted octanol–water partition coefficient (Wildman–Crippen LogP) is 2.18. The maximum absolute atomic E-state index is 11.4. The molecule has 0 aliphatic rings. The van der Waals surface area contributed by atoms with Crippen LogP contribution in [0.3, 0.4) is 0 Å². The Hall–Kier alpha value is -1.64. The van der Waals surface area contributed by atoms with Crippen molar-refractivity contribution in [2.45, 2.75) is 20.8 Å². The predicted molar refractivity (Wildman–Crippen MR) is 61.6 cm³/mol. The number of amides is 1. The van der Waals surface area contributed by atoms with E-state index < -0.39 is 5.41 Å². The van der Waals surface area contributed by atoms with Gasteiger partial charge >= 0.3 is 0 Å². The van der Waals surface area contributed by atoms with Gasteiger partial charge in [0, 0.05) is 5.41 Å². The van der Waals surface area contributed by atoms with Gasteiger partial charge in [0.2, 0.25) is 5.91 Å². The van der Waals surface area contributed by atoms with Crippen molar-refractivity contribution in [2.24, 2.45) is 10.5 Å². The highest BCUT2D eigenvalue weighted by molar-refractivity contribution is 5.84. The van der Waals surface area contributed by atoms with Crippen molar-refractivity contribution in [3.8, 4) is 0 Å². The number of rotatable bonds is 2. The third-order valence-corrected chi connectivity index (χ3v) is 1.86. The van der Waals surface area contributed by atoms with Gasteiger partial charge in [-0.3, -0.25) is 4.79 Å². The molecule has 0 radical (unpaired) electrons. The fourth-order valence-electron chi connectivity index (χ4n) is 0.872. The van der Waals surface area contributed by atoms with Gasteiger partial charge in [-0.15, -0.1) is 0 Å². The van der Waals surface area contributed by atoms with Gasteiger partial charge in [0.25, 0.3) is 0 Å². The molecule has 0 spiro atoms. The summed E-state index contributed by atoms with van der Waals surface area (Å²) in [6.07, 6.45) is 1.63. The molecule has 0 aliphatic heterocycles. The van der Waals surface area contributed by atoms with Crippen LogP contribution >= 0.6 is 0 Å². The molecule has 80 valence electrons. The summed E-state index contributed by atoms with van der Waals surface area (Å²) in [4.78, 5) is 11.4. The van der Waals surface area contributed by atoms with Crippen LogP contribution in [0.5, 0.6) is 0 Å². The van der Waals surface area contributed by atoms with Crippen LogP contribution in [0.2, 0.25) is 0 Å². The molecule has 1 aromatic carbocycles. The van der Waals surface area contributed by atoms with E-state index in [2.05, 4.69) is 10.5 Å². The number of nitrogens with one attached hydrogen (secondary N) is 1. The second-order valence-electron chi connectivity index (χ2n) is 4.36. The van der Waals surface area contributed by atoms with E-state index in [1.54, 1.807) is 6.21 Å². The molecule has 0 aliphatic carbocycles. The topological polar surface area (TPSA) is 41.5 Å². The fraction of sp³-hybridized carbons (Fsp3) is 0.333. The zero-order valence-corrected chi connectivity index (χ0v) is 9.32. The summed E-state index contributed by atoms with van der Waals surface area (Å²) < 4.78 is 0. The summed E-state index contributed by atoms with van der Waals surface area (Å²) in [6.45, 7) is 5.54. The van der Waals surface area contributed by atoms with Crippen LogP contribution in [-0.4, -0.2) is 12.1 Å². The molecule has 1 amide bonds. The lowest BCUT2D eigenvalue weighted by atomic mass is 9.96. The largest absolute Gasteiger partial charge is 0.273 e. The van der Waals surface area contributed by atoms with Crippen molar-refractivity contribution < 1.29 is 4.79 Å². The highest BCUT2D eigenvalue weighted by Crippen LogP contribution is 2.11. The van der Waals surface area contributed by atoms with Gasteiger partial charge in [0.05, 0.1) is 6.21 Å². The molecule has 0 aromatic heterocycles. The zero-order chi connectivity index (χ0) is 11.3. The van der Waals surface area contributed by atoms with Gasteiger partial charge in [-0.05, 0) is 5.56 Å². The molecule has 1 N–H and O–H groups in total. The summed E-state index contributed by atoms with van der Waals surface area (Å²) in [5.74, 6) is -0.0883. The molecule has 0 fully saturated rings. The van der Waals surface area contributed by atoms with Crippen LogP contribution < -0.4 is 5.43 Å². The van der Waals surface area contributed by atoms with Gasteiger partial charge in [-0.1, -0.05) is 51.1 Å². The molecule has 0 saturated carbocycles. The monoisotopic (exact) mass is 204 g/mol. The number of carbonyl (C=O) groups excluding carboxylic acids is 1. The normalized spacial score (nSPS) is 11.7. The Morgan fingerprint density at radius 1 is 1.27 bits per heavy atom. The minimum Gasteiger partial charge on any atom is -0.273 e. The Balaban J connectivity index is 2.51. The highest BCUT2D eigenvalue weighted by atomic mass is 16.2. The molecule has 0 atom stereocenters. The number of carbonyl (C=O) groups is 1. The number of nitrogens with zero attached hydrogens (tertiary/aromatic N) is 1. The van der Waals surface area contributed by atoms with E-state index in [1.807, 2.05) is 51.1 Å². The van der Waals surface area contributed by atoms with Gasteiger partial charge in [-0.25, -0.2) is 5.43 Å². The highest BCUT2D eigenvalue weighted by Gasteiger charge is 2.20. The summed E-state index contributed by atoms with van der Waals surface area (Å²) in [7, 11) is 0. The van der Waals surface area contributed by atoms with Gasteiger partial charge in [-0.2, -0.15) is 5.10 Å². The van der Waals surface area contributed by atoms with E-state index in [4.69, 9.17) is 0 Å². The lowest BCUT2D eigenvalue weighted by Gasteiger charge is -2.14. The molecular weight excluding hydrogens is 188 g/mol. The van der Waals surface area contributed by atoms with Gasteiger partial charge in [0.15, 0.2) is 0 Å². The van der Waals surface area contributed by atoms with Crippen molar-refractivity contribution in [3.05, 3.63) is 35.9 Å². The van der Waals surface area contributed by atoms with Crippen LogP contribution in [0.15, 0.2) is 35.4 Å². The van der Waals surface area contributed by atoms with E-state index in [0.29, 0.717) is 0 Å². The molecule has 0 saturated heterocycles. The molecule has 15 heavy (non-hydrogen) atoms. The number of benzene rings is 1. The number of hydrogen-bond acceptors (Lipinski definition) is 2. The van der Waals surface area contributed by atoms with Crippen molar-refractivity contribution >= 4 is 12.1 Å². The SMILES string of the molecule is CC(C)(C)C(=O)NN=Cc1ccccc1. The van der Waals surface area contributed by atoms with Crippen LogP contribution in [-0.2, 0) is 4.79 Å². The molecular formula is C12H16N2O. The zero-order valence-electron chi connectivity index (χ0n) is 9.32. The fourth-order valence-corrected chi connectivity index (χ4v) is 0.872. The van der Waals surface area contributed by atoms with Crippen LogP contribution in [0.4, 0.5) is 0 Å². The first-order valence-electron chi connectivity index (χ1n) is 4.89. The smallest absolute Gasteiger partial charge is 0.245 e. The van der Waals surface area contributed by atoms with Crippen molar-refractivity contribution in [2.75, 3.05) is 0 Å². The molecule has 0 bridgehead atoms. The Labute approximate surface area is 90.2 Å². The first-order chi connectivity index (χ1) is 7.00. The first-order valence-corrected chi connectivity index (χ1v) is 4.89. The Bertz CT molecular complexity index is 350. The Morgan fingerprint density at radius 2 is 1.87 bits per heavy atom. The van der Waals surface area contributed by atoms with Crippen LogP contribution in [0, 0.1) is 5.41 Å². The summed E-state index contributed by atoms with van der Waals surface area (Å²) in [5.41, 5.74) is 3.06. The van der Waals surface area contributed by atoms with E-state index in [9.17, 15) is 4.79 Å². The van der Waals surface area contributed by atoms with Crippen molar-refractivity contribution in [1.82, 2.24) is 5.43 Å². The minimum atomic E-state index is -0.409. The van der Waals surface area contributed by atoms with E-state index in [0.717, 1.165) is 5.56 Å². The van der Waals surface area contributed by atoms with E-state index in [-0.39, 0.29) is 5.91 Å². The third kappa shape index (κ3) is 3.94. The van der Waals surface area contributed by atoms with Crippen LogP contribution in [0.25, 0.3) is 0 Å². The molecule has 1 rings (SSSR count).